The van der Waals surface area contributed by atoms with Gasteiger partial charge >= 0.3 is 5.97 Å². The second-order valence-electron chi connectivity index (χ2n) is 6.23. The molecule has 0 saturated carbocycles. The molecule has 0 aliphatic heterocycles. The molecule has 0 unspecified atom stereocenters. The molecule has 2 aromatic rings. The van der Waals surface area contributed by atoms with E-state index in [0.29, 0.717) is 17.3 Å². The van der Waals surface area contributed by atoms with E-state index in [1.54, 1.807) is 0 Å². The Bertz CT molecular complexity index is 880. The molecule has 0 saturated heterocycles. The van der Waals surface area contributed by atoms with Crippen LogP contribution < -0.4 is 10.6 Å². The van der Waals surface area contributed by atoms with Crippen LogP contribution in [0.25, 0.3) is 0 Å². The number of nitrogens with one attached hydrogen (secondary N) is 2. The molecule has 8 heteroatoms. The van der Waals surface area contributed by atoms with E-state index < -0.39 is 34.8 Å². The fourth-order valence-corrected chi connectivity index (χ4v) is 2.07. The minimum absolute atomic E-state index is 0.232. The van der Waals surface area contributed by atoms with Crippen molar-refractivity contribution < 1.29 is 27.9 Å². The van der Waals surface area contributed by atoms with Gasteiger partial charge in [-0.3, -0.25) is 9.59 Å². The topological polar surface area (TPSA) is 84.5 Å². The van der Waals surface area contributed by atoms with Gasteiger partial charge < -0.3 is 15.4 Å². The van der Waals surface area contributed by atoms with Crippen LogP contribution in [0.15, 0.2) is 42.5 Å². The minimum Gasteiger partial charge on any atom is -0.465 e. The van der Waals surface area contributed by atoms with Gasteiger partial charge in [0.25, 0.3) is 0 Å². The van der Waals surface area contributed by atoms with E-state index in [0.717, 1.165) is 12.1 Å². The zero-order valence-corrected chi connectivity index (χ0v) is 14.9. The molecular formula is C19H18F2N2O4. The Morgan fingerprint density at radius 3 is 2.07 bits per heavy atom. The van der Waals surface area contributed by atoms with E-state index in [1.165, 1.54) is 45.2 Å². The molecule has 0 heterocycles. The van der Waals surface area contributed by atoms with Gasteiger partial charge in [0.15, 0.2) is 0 Å². The zero-order chi connectivity index (χ0) is 20.2. The summed E-state index contributed by atoms with van der Waals surface area (Å²) in [6.07, 6.45) is 0. The van der Waals surface area contributed by atoms with Crippen LogP contribution in [0.4, 0.5) is 20.2 Å². The van der Waals surface area contributed by atoms with Gasteiger partial charge in [-0.15, -0.1) is 0 Å². The molecule has 142 valence electrons. The van der Waals surface area contributed by atoms with Crippen molar-refractivity contribution in [3.05, 3.63) is 59.7 Å². The number of esters is 1. The number of carbonyl (C=O) groups excluding carboxylic acids is 3. The second-order valence-corrected chi connectivity index (χ2v) is 6.23. The van der Waals surface area contributed by atoms with Crippen LogP contribution in [0.5, 0.6) is 0 Å². The standard InChI is InChI=1S/C19H18F2N2O4/c1-19(2,18(26)23-15-9-6-12(20)10-14(15)21)17(25)22-13-7-4-11(5-8-13)16(24)27-3/h4-10H,1-3H3,(H,22,25)(H,23,26). The lowest BCUT2D eigenvalue weighted by Gasteiger charge is -2.23. The molecule has 0 spiro atoms. The fourth-order valence-electron chi connectivity index (χ4n) is 2.07. The number of carbonyl (C=O) groups is 3. The number of hydrogen-bond acceptors (Lipinski definition) is 4. The molecule has 2 N–H and O–H groups in total. The first kappa shape index (κ1) is 20.0. The van der Waals surface area contributed by atoms with Gasteiger partial charge in [-0.2, -0.15) is 0 Å². The molecule has 0 aromatic heterocycles. The summed E-state index contributed by atoms with van der Waals surface area (Å²) in [4.78, 5) is 36.3. The highest BCUT2D eigenvalue weighted by molar-refractivity contribution is 6.14. The van der Waals surface area contributed by atoms with Crippen LogP contribution in [0.3, 0.4) is 0 Å². The highest BCUT2D eigenvalue weighted by Gasteiger charge is 2.36. The third kappa shape index (κ3) is 4.66. The summed E-state index contributed by atoms with van der Waals surface area (Å²) in [6.45, 7) is 2.73. The number of methoxy groups -OCH3 is 1. The van der Waals surface area contributed by atoms with E-state index in [-0.39, 0.29) is 5.69 Å². The van der Waals surface area contributed by atoms with Crippen LogP contribution in [0.1, 0.15) is 24.2 Å². The Hall–Kier alpha value is -3.29. The van der Waals surface area contributed by atoms with Crippen LogP contribution in [-0.2, 0) is 14.3 Å². The van der Waals surface area contributed by atoms with Crippen LogP contribution in [0.2, 0.25) is 0 Å². The number of anilines is 2. The van der Waals surface area contributed by atoms with Gasteiger partial charge in [0, 0.05) is 11.8 Å². The first-order chi connectivity index (χ1) is 12.6. The third-order valence-corrected chi connectivity index (χ3v) is 3.88. The van der Waals surface area contributed by atoms with Crippen molar-refractivity contribution in [2.24, 2.45) is 5.41 Å². The monoisotopic (exact) mass is 376 g/mol. The summed E-state index contributed by atoms with van der Waals surface area (Å²) >= 11 is 0. The number of benzene rings is 2. The van der Waals surface area contributed by atoms with Crippen molar-refractivity contribution in [2.75, 3.05) is 17.7 Å². The van der Waals surface area contributed by atoms with Crippen LogP contribution >= 0.6 is 0 Å². The Balaban J connectivity index is 2.09. The van der Waals surface area contributed by atoms with Crippen molar-refractivity contribution in [1.82, 2.24) is 0 Å². The molecule has 0 radical (unpaired) electrons. The molecule has 2 amide bonds. The third-order valence-electron chi connectivity index (χ3n) is 3.88. The number of amides is 2. The SMILES string of the molecule is COC(=O)c1ccc(NC(=O)C(C)(C)C(=O)Nc2ccc(F)cc2F)cc1. The maximum absolute atomic E-state index is 13.7. The molecule has 27 heavy (non-hydrogen) atoms. The van der Waals surface area contributed by atoms with Crippen molar-refractivity contribution >= 4 is 29.2 Å². The van der Waals surface area contributed by atoms with Crippen LogP contribution in [-0.4, -0.2) is 24.9 Å². The molecule has 0 atom stereocenters. The van der Waals surface area contributed by atoms with Gasteiger partial charge in [0.05, 0.1) is 18.4 Å². The summed E-state index contributed by atoms with van der Waals surface area (Å²) in [6, 6.07) is 8.59. The molecule has 0 aliphatic carbocycles. The van der Waals surface area contributed by atoms with E-state index in [9.17, 15) is 23.2 Å². The molecule has 0 bridgehead atoms. The van der Waals surface area contributed by atoms with Crippen molar-refractivity contribution in [3.63, 3.8) is 0 Å². The van der Waals surface area contributed by atoms with Crippen molar-refractivity contribution in [3.8, 4) is 0 Å². The fraction of sp³-hybridized carbons (Fsp3) is 0.211. The van der Waals surface area contributed by atoms with E-state index in [1.807, 2.05) is 0 Å². The second kappa shape index (κ2) is 7.94. The molecule has 6 nitrogen and oxygen atoms in total. The number of rotatable bonds is 5. The Morgan fingerprint density at radius 1 is 0.926 bits per heavy atom. The minimum atomic E-state index is -1.55. The lowest BCUT2D eigenvalue weighted by molar-refractivity contribution is -0.135. The average molecular weight is 376 g/mol. The molecule has 2 rings (SSSR count). The van der Waals surface area contributed by atoms with Gasteiger partial charge in [0.1, 0.15) is 17.0 Å². The maximum Gasteiger partial charge on any atom is 0.337 e. The Labute approximate surface area is 154 Å². The predicted molar refractivity (Wildman–Crippen MR) is 95.2 cm³/mol. The first-order valence-corrected chi connectivity index (χ1v) is 7.91. The van der Waals surface area contributed by atoms with Crippen molar-refractivity contribution in [2.45, 2.75) is 13.8 Å². The van der Waals surface area contributed by atoms with Gasteiger partial charge in [-0.25, -0.2) is 13.6 Å². The smallest absolute Gasteiger partial charge is 0.337 e. The van der Waals surface area contributed by atoms with Crippen LogP contribution in [0, 0.1) is 17.0 Å². The van der Waals surface area contributed by atoms with E-state index in [4.69, 9.17) is 0 Å². The average Bonchev–Trinajstić information content (AvgIpc) is 2.63. The summed E-state index contributed by atoms with van der Waals surface area (Å²) in [5.74, 6) is -3.66. The number of ether oxygens (including phenoxy) is 1. The van der Waals surface area contributed by atoms with Crippen molar-refractivity contribution in [1.29, 1.82) is 0 Å². The Kier molecular flexibility index (Phi) is 5.89. The van der Waals surface area contributed by atoms with E-state index >= 15 is 0 Å². The summed E-state index contributed by atoms with van der Waals surface area (Å²) < 4.78 is 31.2. The molecule has 2 aromatic carbocycles. The maximum atomic E-state index is 13.7. The van der Waals surface area contributed by atoms with Gasteiger partial charge in [-0.05, 0) is 50.2 Å². The number of halogens is 2. The highest BCUT2D eigenvalue weighted by Crippen LogP contribution is 2.23. The summed E-state index contributed by atoms with van der Waals surface area (Å²) in [7, 11) is 1.25. The molecule has 0 aliphatic rings. The molecule has 0 fully saturated rings. The van der Waals surface area contributed by atoms with Gasteiger partial charge in [0.2, 0.25) is 11.8 Å². The largest absolute Gasteiger partial charge is 0.465 e. The van der Waals surface area contributed by atoms with Gasteiger partial charge in [-0.1, -0.05) is 0 Å². The molecular weight excluding hydrogens is 358 g/mol. The number of hydrogen-bond donors (Lipinski definition) is 2. The first-order valence-electron chi connectivity index (χ1n) is 7.91. The Morgan fingerprint density at radius 2 is 1.52 bits per heavy atom. The normalized spacial score (nSPS) is 10.9. The highest BCUT2D eigenvalue weighted by atomic mass is 19.1. The zero-order valence-electron chi connectivity index (χ0n) is 14.9. The predicted octanol–water partition coefficient (Wildman–Crippen LogP) is 3.35. The summed E-state index contributed by atoms with van der Waals surface area (Å²) in [5.41, 5.74) is -1.12. The summed E-state index contributed by atoms with van der Waals surface area (Å²) in [5, 5.41) is 4.82. The van der Waals surface area contributed by atoms with E-state index in [2.05, 4.69) is 15.4 Å². The lowest BCUT2D eigenvalue weighted by Crippen LogP contribution is -2.41. The lowest BCUT2D eigenvalue weighted by atomic mass is 9.90. The quantitative estimate of drug-likeness (QED) is 0.619.